The van der Waals surface area contributed by atoms with E-state index in [1.807, 2.05) is 32.0 Å². The summed E-state index contributed by atoms with van der Waals surface area (Å²) in [5.74, 6) is -0.511. The van der Waals surface area contributed by atoms with Crippen molar-refractivity contribution in [3.63, 3.8) is 0 Å². The fourth-order valence-corrected chi connectivity index (χ4v) is 3.58. The molecule has 0 radical (unpaired) electrons. The number of benzene rings is 2. The fraction of sp³-hybridized carbons (Fsp3) is 0.143. The number of aryl methyl sites for hydroxylation is 2. The molecule has 10 heteroatoms. The van der Waals surface area contributed by atoms with Gasteiger partial charge >= 0.3 is 0 Å². The van der Waals surface area contributed by atoms with Crippen molar-refractivity contribution in [2.45, 2.75) is 24.8 Å². The van der Waals surface area contributed by atoms with Crippen molar-refractivity contribution in [2.24, 2.45) is 0 Å². The number of aromatic nitrogens is 2. The lowest BCUT2D eigenvalue weighted by Gasteiger charge is -2.08. The van der Waals surface area contributed by atoms with Gasteiger partial charge in [0.1, 0.15) is 0 Å². The molecule has 2 N–H and O–H groups in total. The van der Waals surface area contributed by atoms with Crippen LogP contribution in [0, 0.1) is 24.0 Å². The van der Waals surface area contributed by atoms with Crippen LogP contribution in [-0.4, -0.2) is 26.7 Å². The molecule has 0 aliphatic rings. The van der Waals surface area contributed by atoms with Crippen molar-refractivity contribution < 1.29 is 14.5 Å². The monoisotopic (exact) mass is 437 g/mol. The Morgan fingerprint density at radius 1 is 0.935 bits per heavy atom. The van der Waals surface area contributed by atoms with Crippen molar-refractivity contribution in [3.05, 3.63) is 92.8 Å². The van der Waals surface area contributed by atoms with Crippen LogP contribution in [-0.2, 0) is 5.75 Å². The molecule has 9 nitrogen and oxygen atoms in total. The molecule has 0 atom stereocenters. The first kappa shape index (κ1) is 21.9. The molecule has 1 heterocycles. The zero-order valence-corrected chi connectivity index (χ0v) is 17.6. The lowest BCUT2D eigenvalue weighted by atomic mass is 10.1. The highest BCUT2D eigenvalue weighted by molar-refractivity contribution is 7.98. The Morgan fingerprint density at radius 2 is 1.55 bits per heavy atom. The summed E-state index contributed by atoms with van der Waals surface area (Å²) < 4.78 is 0. The smallest absolute Gasteiger partial charge is 0.267 e. The van der Waals surface area contributed by atoms with Gasteiger partial charge in [-0.2, -0.15) is 0 Å². The summed E-state index contributed by atoms with van der Waals surface area (Å²) in [5, 5.41) is 11.5. The Balaban J connectivity index is 1.54. The molecule has 3 aromatic rings. The molecule has 158 valence electrons. The summed E-state index contributed by atoms with van der Waals surface area (Å²) >= 11 is 1.50. The molecule has 0 aliphatic heterocycles. The quantitative estimate of drug-likeness (QED) is 0.262. The number of amides is 2. The van der Waals surface area contributed by atoms with Crippen LogP contribution in [0.5, 0.6) is 0 Å². The maximum absolute atomic E-state index is 12.3. The first-order valence-corrected chi connectivity index (χ1v) is 10.2. The van der Waals surface area contributed by atoms with Crippen LogP contribution >= 0.6 is 11.8 Å². The Morgan fingerprint density at radius 3 is 2.16 bits per heavy atom. The van der Waals surface area contributed by atoms with Gasteiger partial charge in [-0.3, -0.25) is 30.6 Å². The number of hydrogen-bond acceptors (Lipinski definition) is 7. The second-order valence-electron chi connectivity index (χ2n) is 6.63. The van der Waals surface area contributed by atoms with Gasteiger partial charge < -0.3 is 0 Å². The molecule has 0 saturated heterocycles. The number of carbonyl (C=O) groups excluding carboxylic acids is 2. The third kappa shape index (κ3) is 6.09. The van der Waals surface area contributed by atoms with Crippen LogP contribution in [0.2, 0.25) is 0 Å². The van der Waals surface area contributed by atoms with E-state index in [9.17, 15) is 19.7 Å². The van der Waals surface area contributed by atoms with Gasteiger partial charge in [0.05, 0.1) is 4.92 Å². The van der Waals surface area contributed by atoms with Gasteiger partial charge in [-0.25, -0.2) is 9.97 Å². The second-order valence-corrected chi connectivity index (χ2v) is 7.58. The van der Waals surface area contributed by atoms with Crippen LogP contribution in [0.25, 0.3) is 0 Å². The van der Waals surface area contributed by atoms with E-state index in [4.69, 9.17) is 0 Å². The number of hydrogen-bond donors (Lipinski definition) is 2. The average molecular weight is 437 g/mol. The molecule has 0 unspecified atom stereocenters. The third-order valence-electron chi connectivity index (χ3n) is 4.15. The van der Waals surface area contributed by atoms with Crippen LogP contribution in [0.1, 0.15) is 37.7 Å². The molecule has 0 spiro atoms. The molecule has 31 heavy (non-hydrogen) atoms. The third-order valence-corrected chi connectivity index (χ3v) is 5.07. The molecule has 0 saturated carbocycles. The van der Waals surface area contributed by atoms with E-state index in [0.717, 1.165) is 23.0 Å². The number of nitrogens with one attached hydrogen (secondary N) is 2. The zero-order chi connectivity index (χ0) is 22.4. The second kappa shape index (κ2) is 9.81. The van der Waals surface area contributed by atoms with E-state index in [2.05, 4.69) is 20.8 Å². The minimum atomic E-state index is -0.654. The van der Waals surface area contributed by atoms with Crippen molar-refractivity contribution in [3.8, 4) is 0 Å². The standard InChI is InChI=1S/C21H19N5O4S/c1-13-10-14(2)23-21(22-13)31-12-15-6-8-16(9-7-15)19(27)24-25-20(28)17-4-3-5-18(11-17)26(29)30/h3-11H,12H2,1-2H3,(H,24,27)(H,25,28). The normalized spacial score (nSPS) is 10.4. The molecular weight excluding hydrogens is 418 g/mol. The molecule has 0 aliphatic carbocycles. The number of nitro benzene ring substituents is 1. The zero-order valence-electron chi connectivity index (χ0n) is 16.8. The van der Waals surface area contributed by atoms with Gasteiger partial charge in [0.25, 0.3) is 17.5 Å². The SMILES string of the molecule is Cc1cc(C)nc(SCc2ccc(C(=O)NNC(=O)c3cccc([N+](=O)[O-])c3)cc2)n1. The Labute approximate surface area is 182 Å². The van der Waals surface area contributed by atoms with E-state index in [1.165, 1.54) is 30.0 Å². The van der Waals surface area contributed by atoms with Crippen LogP contribution in [0.15, 0.2) is 59.8 Å². The van der Waals surface area contributed by atoms with E-state index in [0.29, 0.717) is 16.5 Å². The van der Waals surface area contributed by atoms with Gasteiger partial charge in [-0.15, -0.1) is 0 Å². The van der Waals surface area contributed by atoms with Crippen molar-refractivity contribution in [2.75, 3.05) is 0 Å². The highest BCUT2D eigenvalue weighted by Crippen LogP contribution is 2.20. The maximum Gasteiger partial charge on any atom is 0.270 e. The van der Waals surface area contributed by atoms with E-state index >= 15 is 0 Å². The van der Waals surface area contributed by atoms with Gasteiger partial charge in [0.15, 0.2) is 5.16 Å². The predicted molar refractivity (Wildman–Crippen MR) is 116 cm³/mol. The summed E-state index contributed by atoms with van der Waals surface area (Å²) in [6.07, 6.45) is 0. The van der Waals surface area contributed by atoms with E-state index in [1.54, 1.807) is 12.1 Å². The highest BCUT2D eigenvalue weighted by Gasteiger charge is 2.13. The lowest BCUT2D eigenvalue weighted by molar-refractivity contribution is -0.384. The molecule has 2 aromatic carbocycles. The summed E-state index contributed by atoms with van der Waals surface area (Å²) in [6.45, 7) is 3.84. The lowest BCUT2D eigenvalue weighted by Crippen LogP contribution is -2.41. The predicted octanol–water partition coefficient (Wildman–Crippen LogP) is 3.37. The van der Waals surface area contributed by atoms with Gasteiger partial charge in [-0.05, 0) is 43.7 Å². The highest BCUT2D eigenvalue weighted by atomic mass is 32.2. The number of non-ortho nitro benzene ring substituents is 1. The summed E-state index contributed by atoms with van der Waals surface area (Å²) in [6, 6.07) is 14.1. The molecule has 0 bridgehead atoms. The summed E-state index contributed by atoms with van der Waals surface area (Å²) in [7, 11) is 0. The number of thioether (sulfide) groups is 1. The topological polar surface area (TPSA) is 127 Å². The Bertz CT molecular complexity index is 1110. The first-order valence-electron chi connectivity index (χ1n) is 9.21. The Hall–Kier alpha value is -3.79. The number of rotatable bonds is 6. The maximum atomic E-state index is 12.3. The minimum Gasteiger partial charge on any atom is -0.267 e. The van der Waals surface area contributed by atoms with E-state index in [-0.39, 0.29) is 11.3 Å². The average Bonchev–Trinajstić information content (AvgIpc) is 2.75. The van der Waals surface area contributed by atoms with E-state index < -0.39 is 16.7 Å². The summed E-state index contributed by atoms with van der Waals surface area (Å²) in [5.41, 5.74) is 7.58. The van der Waals surface area contributed by atoms with Crippen molar-refractivity contribution in [1.29, 1.82) is 0 Å². The fourth-order valence-electron chi connectivity index (χ4n) is 2.68. The van der Waals surface area contributed by atoms with Gasteiger partial charge in [0, 0.05) is 40.4 Å². The van der Waals surface area contributed by atoms with Gasteiger partial charge in [0.2, 0.25) is 0 Å². The first-order chi connectivity index (χ1) is 14.8. The minimum absolute atomic E-state index is 0.0653. The Kier molecular flexibility index (Phi) is 6.93. The van der Waals surface area contributed by atoms with Gasteiger partial charge in [-0.1, -0.05) is 30.0 Å². The number of nitrogens with zero attached hydrogens (tertiary/aromatic N) is 3. The molecular formula is C21H19N5O4S. The number of hydrazine groups is 1. The molecule has 1 aromatic heterocycles. The number of nitro groups is 1. The van der Waals surface area contributed by atoms with Crippen molar-refractivity contribution in [1.82, 2.24) is 20.8 Å². The van der Waals surface area contributed by atoms with Crippen molar-refractivity contribution >= 4 is 29.3 Å². The molecule has 3 rings (SSSR count). The largest absolute Gasteiger partial charge is 0.270 e. The molecule has 0 fully saturated rings. The van der Waals surface area contributed by atoms with Crippen LogP contribution < -0.4 is 10.9 Å². The number of carbonyl (C=O) groups is 2. The summed E-state index contributed by atoms with van der Waals surface area (Å²) in [4.78, 5) is 43.4. The van der Waals surface area contributed by atoms with Crippen LogP contribution in [0.4, 0.5) is 5.69 Å². The molecule has 2 amide bonds. The van der Waals surface area contributed by atoms with Crippen LogP contribution in [0.3, 0.4) is 0 Å².